The highest BCUT2D eigenvalue weighted by Crippen LogP contribution is 2.59. The summed E-state index contributed by atoms with van der Waals surface area (Å²) in [7, 11) is 1.39. The lowest BCUT2D eigenvalue weighted by Crippen LogP contribution is -2.39. The molecule has 1 heterocycles. The minimum atomic E-state index is -3.06. The Morgan fingerprint density at radius 1 is 1.19 bits per heavy atom. The fourth-order valence-corrected chi connectivity index (χ4v) is 6.48. The largest absolute Gasteiger partial charge is 0.388 e. The molecule has 1 aliphatic rings. The SMILES string of the molecule is CCC.CCOP(=O)(OC)SCCSC(=O)C(C)(C)CCN1CCOCC1. The van der Waals surface area contributed by atoms with Crippen molar-refractivity contribution in [2.75, 3.05) is 58.1 Å². The van der Waals surface area contributed by atoms with E-state index >= 15 is 0 Å². The van der Waals surface area contributed by atoms with Gasteiger partial charge in [0.05, 0.1) is 19.8 Å². The summed E-state index contributed by atoms with van der Waals surface area (Å²) in [5.41, 5.74) is -0.363. The Bertz CT molecular complexity index is 445. The van der Waals surface area contributed by atoms with E-state index in [-0.39, 0.29) is 10.5 Å². The Morgan fingerprint density at radius 2 is 1.78 bits per heavy atom. The number of morpholine rings is 1. The van der Waals surface area contributed by atoms with Crippen molar-refractivity contribution in [2.45, 2.75) is 47.5 Å². The van der Waals surface area contributed by atoms with Crippen LogP contribution in [0.1, 0.15) is 47.5 Å². The Kier molecular flexibility index (Phi) is 15.6. The summed E-state index contributed by atoms with van der Waals surface area (Å²) in [5, 5.41) is 0.181. The Labute approximate surface area is 174 Å². The summed E-state index contributed by atoms with van der Waals surface area (Å²) in [4.78, 5) is 14.8. The molecule has 1 aliphatic heterocycles. The van der Waals surface area contributed by atoms with Crippen LogP contribution in [0, 0.1) is 5.41 Å². The molecule has 1 saturated heterocycles. The van der Waals surface area contributed by atoms with E-state index in [9.17, 15) is 9.36 Å². The molecular formula is C18H38NO5PS2. The number of carbonyl (C=O) groups is 1. The Balaban J connectivity index is 0.00000210. The molecule has 0 spiro atoms. The molecule has 0 N–H and O–H groups in total. The second kappa shape index (κ2) is 15.3. The van der Waals surface area contributed by atoms with E-state index in [1.54, 1.807) is 6.92 Å². The first-order valence-electron chi connectivity index (χ1n) is 9.66. The third-order valence-corrected chi connectivity index (χ3v) is 9.25. The van der Waals surface area contributed by atoms with Crippen molar-refractivity contribution in [2.24, 2.45) is 5.41 Å². The van der Waals surface area contributed by atoms with Crippen molar-refractivity contribution in [3.8, 4) is 0 Å². The van der Waals surface area contributed by atoms with Crippen molar-refractivity contribution in [1.82, 2.24) is 4.90 Å². The summed E-state index contributed by atoms with van der Waals surface area (Å²) in [6, 6.07) is 0. The molecule has 0 amide bonds. The van der Waals surface area contributed by atoms with Gasteiger partial charge < -0.3 is 13.8 Å². The molecule has 1 rings (SSSR count). The number of hydrogen-bond donors (Lipinski definition) is 0. The molecule has 0 aliphatic carbocycles. The molecule has 0 aromatic rings. The average Bonchev–Trinajstić information content (AvgIpc) is 2.65. The first-order valence-corrected chi connectivity index (χ1v) is 13.8. The molecule has 6 nitrogen and oxygen atoms in total. The third kappa shape index (κ3) is 12.6. The van der Waals surface area contributed by atoms with Gasteiger partial charge in [-0.1, -0.05) is 45.9 Å². The van der Waals surface area contributed by atoms with Crippen LogP contribution in [-0.2, 0) is 23.1 Å². The quantitative estimate of drug-likeness (QED) is 0.329. The zero-order valence-electron chi connectivity index (χ0n) is 17.8. The summed E-state index contributed by atoms with van der Waals surface area (Å²) in [6.45, 7) is 11.7. The normalized spacial score (nSPS) is 17.7. The van der Waals surface area contributed by atoms with Crippen LogP contribution in [0.3, 0.4) is 0 Å². The van der Waals surface area contributed by atoms with E-state index in [0.29, 0.717) is 18.1 Å². The topological polar surface area (TPSA) is 65.1 Å². The number of rotatable bonds is 11. The molecular weight excluding hydrogens is 405 g/mol. The minimum absolute atomic E-state index is 0.181. The van der Waals surface area contributed by atoms with Crippen molar-refractivity contribution in [1.29, 1.82) is 0 Å². The molecule has 0 aromatic heterocycles. The lowest BCUT2D eigenvalue weighted by molar-refractivity contribution is -0.118. The van der Waals surface area contributed by atoms with Gasteiger partial charge in [-0.25, -0.2) is 4.57 Å². The molecule has 0 bridgehead atoms. The lowest BCUT2D eigenvalue weighted by atomic mass is 9.91. The molecule has 0 saturated carbocycles. The van der Waals surface area contributed by atoms with E-state index in [1.165, 1.54) is 25.3 Å². The molecule has 162 valence electrons. The maximum absolute atomic E-state index is 12.4. The summed E-state index contributed by atoms with van der Waals surface area (Å²) >= 11 is 2.46. The highest BCUT2D eigenvalue weighted by molar-refractivity contribution is 8.55. The van der Waals surface area contributed by atoms with Crippen LogP contribution >= 0.6 is 29.9 Å². The van der Waals surface area contributed by atoms with Crippen molar-refractivity contribution >= 4 is 35.1 Å². The maximum atomic E-state index is 12.4. The molecule has 0 radical (unpaired) electrons. The Hall–Kier alpha value is 0.440. The first kappa shape index (κ1) is 27.4. The van der Waals surface area contributed by atoms with Crippen LogP contribution in [0.2, 0.25) is 0 Å². The summed E-state index contributed by atoms with van der Waals surface area (Å²) in [6.07, 6.45) is 2.08. The van der Waals surface area contributed by atoms with Gasteiger partial charge in [-0.15, -0.1) is 0 Å². The number of nitrogens with zero attached hydrogens (tertiary/aromatic N) is 1. The standard InChI is InChI=1S/C15H30NO5PS2.C3H8/c1-5-21-22(18,19-4)24-13-12-23-14(17)15(2,3)6-7-16-8-10-20-11-9-16;1-3-2/h5-13H2,1-4H3;3H2,1-2H3. The van der Waals surface area contributed by atoms with E-state index < -0.39 is 6.80 Å². The third-order valence-electron chi connectivity index (χ3n) is 3.79. The van der Waals surface area contributed by atoms with Crippen LogP contribution in [0.5, 0.6) is 0 Å². The monoisotopic (exact) mass is 443 g/mol. The first-order chi connectivity index (χ1) is 12.7. The van der Waals surface area contributed by atoms with Gasteiger partial charge in [0.2, 0.25) is 0 Å². The van der Waals surface area contributed by atoms with E-state index in [4.69, 9.17) is 13.8 Å². The zero-order chi connectivity index (χ0) is 20.8. The molecule has 0 aromatic carbocycles. The molecule has 27 heavy (non-hydrogen) atoms. The predicted octanol–water partition coefficient (Wildman–Crippen LogP) is 4.94. The number of ether oxygens (including phenoxy) is 1. The molecule has 1 unspecified atom stereocenters. The lowest BCUT2D eigenvalue weighted by Gasteiger charge is -2.30. The second-order valence-electron chi connectivity index (χ2n) is 6.81. The maximum Gasteiger partial charge on any atom is 0.388 e. The number of thioether (sulfide) groups is 1. The van der Waals surface area contributed by atoms with E-state index in [2.05, 4.69) is 18.7 Å². The van der Waals surface area contributed by atoms with Crippen molar-refractivity contribution < 1.29 is 23.1 Å². The number of carbonyl (C=O) groups excluding carboxylic acids is 1. The molecule has 9 heteroatoms. The predicted molar refractivity (Wildman–Crippen MR) is 118 cm³/mol. The van der Waals surface area contributed by atoms with Crippen LogP contribution in [0.15, 0.2) is 0 Å². The average molecular weight is 444 g/mol. The van der Waals surface area contributed by atoms with Crippen LogP contribution in [-0.4, -0.2) is 68.1 Å². The minimum Gasteiger partial charge on any atom is -0.379 e. The van der Waals surface area contributed by atoms with Gasteiger partial charge in [-0.3, -0.25) is 9.69 Å². The fourth-order valence-electron chi connectivity index (χ4n) is 2.14. The second-order valence-corrected chi connectivity index (χ2v) is 12.2. The summed E-state index contributed by atoms with van der Waals surface area (Å²) in [5.74, 6) is 1.16. The smallest absolute Gasteiger partial charge is 0.379 e. The van der Waals surface area contributed by atoms with Gasteiger partial charge in [0.25, 0.3) is 0 Å². The number of hydrogen-bond acceptors (Lipinski definition) is 8. The van der Waals surface area contributed by atoms with Crippen molar-refractivity contribution in [3.05, 3.63) is 0 Å². The van der Waals surface area contributed by atoms with E-state index in [0.717, 1.165) is 50.7 Å². The molecule has 1 fully saturated rings. The van der Waals surface area contributed by atoms with Crippen LogP contribution < -0.4 is 0 Å². The van der Waals surface area contributed by atoms with Gasteiger partial charge in [0.15, 0.2) is 5.12 Å². The summed E-state index contributed by atoms with van der Waals surface area (Å²) < 4.78 is 27.5. The van der Waals surface area contributed by atoms with Crippen LogP contribution in [0.4, 0.5) is 0 Å². The van der Waals surface area contributed by atoms with Gasteiger partial charge in [-0.2, -0.15) is 0 Å². The molecule has 1 atom stereocenters. The van der Waals surface area contributed by atoms with Crippen LogP contribution in [0.25, 0.3) is 0 Å². The highest BCUT2D eigenvalue weighted by Gasteiger charge is 2.29. The van der Waals surface area contributed by atoms with E-state index in [1.807, 2.05) is 13.8 Å². The van der Waals surface area contributed by atoms with Gasteiger partial charge in [-0.05, 0) is 31.3 Å². The zero-order valence-corrected chi connectivity index (χ0v) is 20.4. The van der Waals surface area contributed by atoms with Gasteiger partial charge in [0, 0.05) is 37.1 Å². The van der Waals surface area contributed by atoms with Gasteiger partial charge in [0.1, 0.15) is 0 Å². The van der Waals surface area contributed by atoms with Gasteiger partial charge >= 0.3 is 6.80 Å². The van der Waals surface area contributed by atoms with Crippen molar-refractivity contribution in [3.63, 3.8) is 0 Å². The Morgan fingerprint density at radius 3 is 2.30 bits per heavy atom. The highest BCUT2D eigenvalue weighted by atomic mass is 32.7. The fraction of sp³-hybridized carbons (Fsp3) is 0.944.